The van der Waals surface area contributed by atoms with Crippen molar-refractivity contribution in [2.75, 3.05) is 5.73 Å². The zero-order valence-electron chi connectivity index (χ0n) is 7.85. The third kappa shape index (κ3) is 2.64. The second kappa shape index (κ2) is 4.55. The Labute approximate surface area is 97.5 Å². The second-order valence-corrected chi connectivity index (χ2v) is 4.43. The molecule has 0 fully saturated rings. The van der Waals surface area contributed by atoms with Crippen LogP contribution >= 0.6 is 23.4 Å². The summed E-state index contributed by atoms with van der Waals surface area (Å²) in [5.74, 6) is 0. The Morgan fingerprint density at radius 3 is 2.73 bits per heavy atom. The fourth-order valence-electron chi connectivity index (χ4n) is 1.12. The first-order chi connectivity index (χ1) is 7.25. The van der Waals surface area contributed by atoms with E-state index in [2.05, 4.69) is 4.98 Å². The van der Waals surface area contributed by atoms with Gasteiger partial charge in [-0.05, 0) is 24.3 Å². The summed E-state index contributed by atoms with van der Waals surface area (Å²) in [6, 6.07) is 11.2. The zero-order chi connectivity index (χ0) is 10.7. The van der Waals surface area contributed by atoms with Crippen LogP contribution in [0.25, 0.3) is 0 Å². The molecule has 0 aliphatic heterocycles. The number of nitrogens with zero attached hydrogens (tertiary/aromatic N) is 1. The standard InChI is InChI=1S/C11H9ClN2S/c12-9-3-1-2-4-10(9)15-11-7-8(13)5-6-14-11/h1-7H,(H2,13,14). The quantitative estimate of drug-likeness (QED) is 0.868. The fraction of sp³-hybridized carbons (Fsp3) is 0. The van der Waals surface area contributed by atoms with Crippen molar-refractivity contribution in [3.63, 3.8) is 0 Å². The van der Waals surface area contributed by atoms with Crippen LogP contribution in [-0.2, 0) is 0 Å². The first kappa shape index (κ1) is 10.3. The molecule has 0 aliphatic carbocycles. The number of nitrogens with two attached hydrogens (primary N) is 1. The highest BCUT2D eigenvalue weighted by Crippen LogP contribution is 2.32. The number of aromatic nitrogens is 1. The Balaban J connectivity index is 2.26. The summed E-state index contributed by atoms with van der Waals surface area (Å²) < 4.78 is 0. The zero-order valence-corrected chi connectivity index (χ0v) is 9.42. The van der Waals surface area contributed by atoms with E-state index < -0.39 is 0 Å². The molecule has 0 spiro atoms. The summed E-state index contributed by atoms with van der Waals surface area (Å²) in [7, 11) is 0. The van der Waals surface area contributed by atoms with Crippen LogP contribution in [0.3, 0.4) is 0 Å². The smallest absolute Gasteiger partial charge is 0.103 e. The molecular weight excluding hydrogens is 228 g/mol. The molecule has 0 unspecified atom stereocenters. The van der Waals surface area contributed by atoms with Crippen LogP contribution in [0.1, 0.15) is 0 Å². The van der Waals surface area contributed by atoms with E-state index in [1.165, 1.54) is 11.8 Å². The molecule has 0 aliphatic rings. The molecule has 2 nitrogen and oxygen atoms in total. The van der Waals surface area contributed by atoms with E-state index in [0.29, 0.717) is 5.69 Å². The van der Waals surface area contributed by atoms with Gasteiger partial charge in [-0.1, -0.05) is 35.5 Å². The monoisotopic (exact) mass is 236 g/mol. The lowest BCUT2D eigenvalue weighted by atomic mass is 10.4. The minimum atomic E-state index is 0.708. The van der Waals surface area contributed by atoms with Gasteiger partial charge < -0.3 is 5.73 Å². The molecule has 0 bridgehead atoms. The molecule has 4 heteroatoms. The van der Waals surface area contributed by atoms with Crippen molar-refractivity contribution in [3.8, 4) is 0 Å². The van der Waals surface area contributed by atoms with Gasteiger partial charge in [-0.2, -0.15) is 0 Å². The van der Waals surface area contributed by atoms with Crippen molar-refractivity contribution in [1.29, 1.82) is 0 Å². The van der Waals surface area contributed by atoms with Crippen molar-refractivity contribution in [1.82, 2.24) is 4.98 Å². The molecule has 2 aromatic rings. The van der Waals surface area contributed by atoms with Gasteiger partial charge in [-0.25, -0.2) is 4.98 Å². The summed E-state index contributed by atoms with van der Waals surface area (Å²) in [5, 5.41) is 1.58. The minimum absolute atomic E-state index is 0.708. The van der Waals surface area contributed by atoms with Gasteiger partial charge in [0.2, 0.25) is 0 Å². The van der Waals surface area contributed by atoms with E-state index in [1.54, 1.807) is 12.3 Å². The van der Waals surface area contributed by atoms with Crippen LogP contribution in [0.4, 0.5) is 5.69 Å². The number of halogens is 1. The number of hydrogen-bond donors (Lipinski definition) is 1. The molecule has 1 aromatic carbocycles. The maximum atomic E-state index is 6.03. The van der Waals surface area contributed by atoms with E-state index in [9.17, 15) is 0 Å². The van der Waals surface area contributed by atoms with E-state index in [-0.39, 0.29) is 0 Å². The van der Waals surface area contributed by atoms with E-state index in [4.69, 9.17) is 17.3 Å². The van der Waals surface area contributed by atoms with Gasteiger partial charge in [0.15, 0.2) is 0 Å². The molecule has 2 N–H and O–H groups in total. The van der Waals surface area contributed by atoms with Crippen molar-refractivity contribution in [3.05, 3.63) is 47.6 Å². The van der Waals surface area contributed by atoms with Crippen molar-refractivity contribution < 1.29 is 0 Å². The molecule has 76 valence electrons. The van der Waals surface area contributed by atoms with Crippen molar-refractivity contribution >= 4 is 29.1 Å². The maximum Gasteiger partial charge on any atom is 0.103 e. The second-order valence-electron chi connectivity index (χ2n) is 2.96. The summed E-state index contributed by atoms with van der Waals surface area (Å²) in [6.45, 7) is 0. The third-order valence-corrected chi connectivity index (χ3v) is 3.26. The van der Waals surface area contributed by atoms with Gasteiger partial charge in [0.25, 0.3) is 0 Å². The maximum absolute atomic E-state index is 6.03. The van der Waals surface area contributed by atoms with Gasteiger partial charge in [0.05, 0.1) is 5.02 Å². The fourth-order valence-corrected chi connectivity index (χ4v) is 2.22. The molecule has 0 amide bonds. The number of pyridine rings is 1. The highest BCUT2D eigenvalue weighted by Gasteiger charge is 2.02. The van der Waals surface area contributed by atoms with E-state index in [1.807, 2.05) is 30.3 Å². The Morgan fingerprint density at radius 2 is 2.00 bits per heavy atom. The average molecular weight is 237 g/mol. The first-order valence-electron chi connectivity index (χ1n) is 4.39. The Morgan fingerprint density at radius 1 is 1.20 bits per heavy atom. The Bertz CT molecular complexity index is 474. The summed E-state index contributed by atoms with van der Waals surface area (Å²) in [6.07, 6.45) is 1.69. The average Bonchev–Trinajstić information content (AvgIpc) is 2.22. The van der Waals surface area contributed by atoms with Gasteiger partial charge >= 0.3 is 0 Å². The van der Waals surface area contributed by atoms with Crippen LogP contribution in [0.5, 0.6) is 0 Å². The lowest BCUT2D eigenvalue weighted by molar-refractivity contribution is 1.14. The highest BCUT2D eigenvalue weighted by molar-refractivity contribution is 7.99. The molecule has 1 heterocycles. The number of anilines is 1. The molecule has 2 rings (SSSR count). The van der Waals surface area contributed by atoms with E-state index >= 15 is 0 Å². The molecule has 15 heavy (non-hydrogen) atoms. The molecule has 0 saturated heterocycles. The van der Waals surface area contributed by atoms with Gasteiger partial charge in [-0.15, -0.1) is 0 Å². The SMILES string of the molecule is Nc1ccnc(Sc2ccccc2Cl)c1. The normalized spacial score (nSPS) is 10.2. The minimum Gasteiger partial charge on any atom is -0.399 e. The first-order valence-corrected chi connectivity index (χ1v) is 5.59. The van der Waals surface area contributed by atoms with Crippen molar-refractivity contribution in [2.45, 2.75) is 9.92 Å². The van der Waals surface area contributed by atoms with E-state index in [0.717, 1.165) is 14.9 Å². The highest BCUT2D eigenvalue weighted by atomic mass is 35.5. The summed E-state index contributed by atoms with van der Waals surface area (Å²) in [4.78, 5) is 5.18. The van der Waals surface area contributed by atoms with Gasteiger partial charge in [0.1, 0.15) is 5.03 Å². The largest absolute Gasteiger partial charge is 0.399 e. The number of rotatable bonds is 2. The van der Waals surface area contributed by atoms with Crippen LogP contribution < -0.4 is 5.73 Å². The predicted octanol–water partition coefficient (Wildman–Crippen LogP) is 3.47. The number of nitrogen functional groups attached to an aromatic ring is 1. The summed E-state index contributed by atoms with van der Waals surface area (Å²) in [5.41, 5.74) is 6.37. The molecular formula is C11H9ClN2S. The molecule has 0 radical (unpaired) electrons. The number of benzene rings is 1. The molecule has 1 aromatic heterocycles. The topological polar surface area (TPSA) is 38.9 Å². The Hall–Kier alpha value is -1.19. The molecule has 0 atom stereocenters. The lowest BCUT2D eigenvalue weighted by Crippen LogP contribution is -1.86. The number of hydrogen-bond acceptors (Lipinski definition) is 3. The van der Waals surface area contributed by atoms with Crippen molar-refractivity contribution in [2.24, 2.45) is 0 Å². The molecule has 0 saturated carbocycles. The van der Waals surface area contributed by atoms with Crippen LogP contribution in [0.15, 0.2) is 52.5 Å². The third-order valence-electron chi connectivity index (χ3n) is 1.81. The van der Waals surface area contributed by atoms with Crippen LogP contribution in [-0.4, -0.2) is 4.98 Å². The van der Waals surface area contributed by atoms with Crippen LogP contribution in [0.2, 0.25) is 5.02 Å². The van der Waals surface area contributed by atoms with Crippen LogP contribution in [0, 0.1) is 0 Å². The Kier molecular flexibility index (Phi) is 3.14. The predicted molar refractivity (Wildman–Crippen MR) is 64.2 cm³/mol. The van der Waals surface area contributed by atoms with Gasteiger partial charge in [-0.3, -0.25) is 0 Å². The lowest BCUT2D eigenvalue weighted by Gasteiger charge is -2.03. The summed E-state index contributed by atoms with van der Waals surface area (Å²) >= 11 is 7.54. The van der Waals surface area contributed by atoms with Gasteiger partial charge in [0, 0.05) is 16.8 Å².